The highest BCUT2D eigenvalue weighted by molar-refractivity contribution is 6.07. The minimum atomic E-state index is -0.710. The van der Waals surface area contributed by atoms with E-state index in [-0.39, 0.29) is 42.6 Å². The number of rotatable bonds is 4. The third-order valence-corrected chi connectivity index (χ3v) is 4.17. The molecule has 1 saturated carbocycles. The molecule has 9 nitrogen and oxygen atoms in total. The number of amides is 3. The Kier molecular flexibility index (Phi) is 3.78. The maximum atomic E-state index is 12.2. The Morgan fingerprint density at radius 2 is 1.86 bits per heavy atom. The number of likely N-dealkylation sites (tertiary alicyclic amines) is 1. The van der Waals surface area contributed by atoms with E-state index in [2.05, 4.69) is 20.0 Å². The Balaban J connectivity index is 1.58. The number of aromatic nitrogens is 2. The molecule has 9 heteroatoms. The number of aromatic amines is 1. The fourth-order valence-electron chi connectivity index (χ4n) is 3.11. The molecule has 0 spiro atoms. The van der Waals surface area contributed by atoms with E-state index in [9.17, 15) is 19.2 Å². The average Bonchev–Trinajstić information content (AvgIpc) is 3.03. The summed E-state index contributed by atoms with van der Waals surface area (Å²) in [7, 11) is 0. The largest absolute Gasteiger partial charge is 0.438 e. The van der Waals surface area contributed by atoms with E-state index in [4.69, 9.17) is 0 Å². The third-order valence-electron chi connectivity index (χ3n) is 4.17. The molecule has 0 aromatic carbocycles. The maximum absolute atomic E-state index is 12.2. The van der Waals surface area contributed by atoms with Gasteiger partial charge in [0.2, 0.25) is 17.7 Å². The lowest BCUT2D eigenvalue weighted by Crippen LogP contribution is -2.40. The van der Waals surface area contributed by atoms with Gasteiger partial charge in [-0.3, -0.25) is 28.8 Å². The topological polar surface area (TPSA) is 125 Å². The van der Waals surface area contributed by atoms with Gasteiger partial charge in [0.1, 0.15) is 6.54 Å². The molecule has 2 unspecified atom stereocenters. The van der Waals surface area contributed by atoms with E-state index in [1.165, 1.54) is 0 Å². The van der Waals surface area contributed by atoms with Crippen LogP contribution in [0.25, 0.3) is 0 Å². The molecule has 118 valence electrons. The minimum Gasteiger partial charge on any atom is -0.347 e. The van der Waals surface area contributed by atoms with E-state index in [1.807, 2.05) is 0 Å². The zero-order chi connectivity index (χ0) is 15.7. The number of imide groups is 1. The molecule has 2 atom stereocenters. The summed E-state index contributed by atoms with van der Waals surface area (Å²) < 4.78 is 4.30. The zero-order valence-electron chi connectivity index (χ0n) is 11.8. The van der Waals surface area contributed by atoms with E-state index >= 15 is 0 Å². The molecular formula is C13H16N4O5. The zero-order valence-corrected chi connectivity index (χ0v) is 11.8. The van der Waals surface area contributed by atoms with Gasteiger partial charge in [-0.2, -0.15) is 0 Å². The lowest BCUT2D eigenvalue weighted by molar-refractivity contribution is -0.143. The molecule has 3 rings (SSSR count). The van der Waals surface area contributed by atoms with E-state index in [0.29, 0.717) is 12.8 Å². The number of H-pyrrole nitrogens is 1. The molecule has 1 aliphatic carbocycles. The summed E-state index contributed by atoms with van der Waals surface area (Å²) in [6, 6.07) is 0. The molecule has 2 fully saturated rings. The molecule has 1 aromatic rings. The quantitative estimate of drug-likeness (QED) is 0.698. The second-order valence-electron chi connectivity index (χ2n) is 5.58. The van der Waals surface area contributed by atoms with Crippen LogP contribution in [-0.2, 0) is 20.9 Å². The molecule has 2 N–H and O–H groups in total. The molecule has 22 heavy (non-hydrogen) atoms. The molecule has 1 aromatic heterocycles. The molecule has 0 bridgehead atoms. The fraction of sp³-hybridized carbons (Fsp3) is 0.615. The molecule has 2 heterocycles. The Morgan fingerprint density at radius 1 is 1.23 bits per heavy atom. The second-order valence-corrected chi connectivity index (χ2v) is 5.58. The summed E-state index contributed by atoms with van der Waals surface area (Å²) in [5.41, 5.74) is 0. The molecule has 3 amide bonds. The standard InChI is InChI=1S/C13H16N4O5/c18-10(14-5-9-15-13(21)22-16-9)6-17-11(19)7-3-1-2-4-8(7)12(17)20/h7-8H,1-6H2,(H,14,18)(H,15,16,21). The van der Waals surface area contributed by atoms with E-state index in [0.717, 1.165) is 17.7 Å². The van der Waals surface area contributed by atoms with Gasteiger partial charge >= 0.3 is 5.76 Å². The maximum Gasteiger partial charge on any atom is 0.438 e. The summed E-state index contributed by atoms with van der Waals surface area (Å²) in [6.45, 7) is -0.333. The predicted octanol–water partition coefficient (Wildman–Crippen LogP) is -0.846. The van der Waals surface area contributed by atoms with Gasteiger partial charge in [0, 0.05) is 0 Å². The number of hydrogen-bond donors (Lipinski definition) is 2. The van der Waals surface area contributed by atoms with Gasteiger partial charge < -0.3 is 5.32 Å². The first-order valence-electron chi connectivity index (χ1n) is 7.23. The van der Waals surface area contributed by atoms with Crippen molar-refractivity contribution in [3.05, 3.63) is 16.4 Å². The summed E-state index contributed by atoms with van der Waals surface area (Å²) in [5.74, 6) is -2.05. The summed E-state index contributed by atoms with van der Waals surface area (Å²) in [4.78, 5) is 50.4. The Hall–Kier alpha value is -2.45. The highest BCUT2D eigenvalue weighted by Gasteiger charge is 2.48. The fourth-order valence-corrected chi connectivity index (χ4v) is 3.11. The normalized spacial score (nSPS) is 24.5. The first-order chi connectivity index (χ1) is 10.6. The highest BCUT2D eigenvalue weighted by atomic mass is 16.5. The van der Waals surface area contributed by atoms with Crippen molar-refractivity contribution in [1.82, 2.24) is 20.4 Å². The van der Waals surface area contributed by atoms with Crippen LogP contribution in [0, 0.1) is 11.8 Å². The van der Waals surface area contributed by atoms with E-state index in [1.54, 1.807) is 0 Å². The molecule has 0 radical (unpaired) electrons. The Bertz CT molecular complexity index is 639. The Labute approximate surface area is 125 Å². The van der Waals surface area contributed by atoms with Crippen molar-refractivity contribution in [3.8, 4) is 0 Å². The molecule has 1 aliphatic heterocycles. The number of nitrogens with one attached hydrogen (secondary N) is 2. The first-order valence-corrected chi connectivity index (χ1v) is 7.23. The van der Waals surface area contributed by atoms with Gasteiger partial charge in [-0.25, -0.2) is 4.79 Å². The van der Waals surface area contributed by atoms with Crippen LogP contribution in [0.1, 0.15) is 31.5 Å². The SMILES string of the molecule is O=C(CN1C(=O)C2CCCCC2C1=O)NCc1noc(=O)[nH]1. The van der Waals surface area contributed by atoms with Gasteiger partial charge in [-0.15, -0.1) is 0 Å². The number of nitrogens with zero attached hydrogens (tertiary/aromatic N) is 2. The highest BCUT2D eigenvalue weighted by Crippen LogP contribution is 2.37. The summed E-state index contributed by atoms with van der Waals surface area (Å²) in [6.07, 6.45) is 3.32. The third kappa shape index (κ3) is 2.66. The number of hydrogen-bond acceptors (Lipinski definition) is 6. The Morgan fingerprint density at radius 3 is 2.41 bits per heavy atom. The van der Waals surface area contributed by atoms with Crippen LogP contribution in [0.3, 0.4) is 0 Å². The van der Waals surface area contributed by atoms with Crippen molar-refractivity contribution < 1.29 is 18.9 Å². The smallest absolute Gasteiger partial charge is 0.347 e. The lowest BCUT2D eigenvalue weighted by Gasteiger charge is -2.19. The van der Waals surface area contributed by atoms with Crippen LogP contribution < -0.4 is 11.1 Å². The van der Waals surface area contributed by atoms with Gasteiger partial charge in [-0.1, -0.05) is 18.0 Å². The van der Waals surface area contributed by atoms with Crippen LogP contribution in [0.15, 0.2) is 9.32 Å². The molecular weight excluding hydrogens is 292 g/mol. The van der Waals surface area contributed by atoms with Gasteiger partial charge in [0.05, 0.1) is 18.4 Å². The van der Waals surface area contributed by atoms with Crippen LogP contribution in [0.2, 0.25) is 0 Å². The van der Waals surface area contributed by atoms with Crippen molar-refractivity contribution in [3.63, 3.8) is 0 Å². The average molecular weight is 308 g/mol. The van der Waals surface area contributed by atoms with Crippen LogP contribution in [0.4, 0.5) is 0 Å². The van der Waals surface area contributed by atoms with Crippen LogP contribution in [-0.4, -0.2) is 39.3 Å². The second kappa shape index (κ2) is 5.74. The minimum absolute atomic E-state index is 0.0341. The van der Waals surface area contributed by atoms with E-state index < -0.39 is 11.7 Å². The predicted molar refractivity (Wildman–Crippen MR) is 71.1 cm³/mol. The van der Waals surface area contributed by atoms with Crippen LogP contribution >= 0.6 is 0 Å². The van der Waals surface area contributed by atoms with Crippen molar-refractivity contribution in [2.45, 2.75) is 32.2 Å². The first kappa shape index (κ1) is 14.5. The lowest BCUT2D eigenvalue weighted by atomic mass is 9.81. The number of carbonyl (C=O) groups is 3. The van der Waals surface area contributed by atoms with Gasteiger partial charge in [-0.05, 0) is 12.8 Å². The van der Waals surface area contributed by atoms with Crippen molar-refractivity contribution in [1.29, 1.82) is 0 Å². The number of carbonyl (C=O) groups excluding carboxylic acids is 3. The van der Waals surface area contributed by atoms with Crippen LogP contribution in [0.5, 0.6) is 0 Å². The summed E-state index contributed by atoms with van der Waals surface area (Å²) >= 11 is 0. The monoisotopic (exact) mass is 308 g/mol. The van der Waals surface area contributed by atoms with Gasteiger partial charge in [0.15, 0.2) is 5.82 Å². The molecule has 2 aliphatic rings. The number of fused-ring (bicyclic) bond motifs is 1. The summed E-state index contributed by atoms with van der Waals surface area (Å²) in [5, 5.41) is 5.89. The van der Waals surface area contributed by atoms with Crippen molar-refractivity contribution in [2.75, 3.05) is 6.54 Å². The van der Waals surface area contributed by atoms with Crippen molar-refractivity contribution >= 4 is 17.7 Å². The van der Waals surface area contributed by atoms with Crippen molar-refractivity contribution in [2.24, 2.45) is 11.8 Å². The van der Waals surface area contributed by atoms with Gasteiger partial charge in [0.25, 0.3) is 0 Å². The molecule has 1 saturated heterocycles.